The lowest BCUT2D eigenvalue weighted by Crippen LogP contribution is -1.96. The van der Waals surface area contributed by atoms with Crippen LogP contribution in [0.25, 0.3) is 88.5 Å². The van der Waals surface area contributed by atoms with Crippen LogP contribution in [0.4, 0.5) is 0 Å². The van der Waals surface area contributed by atoms with E-state index in [0.29, 0.717) is 0 Å². The van der Waals surface area contributed by atoms with E-state index < -0.39 is 0 Å². The molecule has 0 fully saturated rings. The first-order valence-corrected chi connectivity index (χ1v) is 16.3. The Balaban J connectivity index is 1.16. The number of benzene rings is 8. The van der Waals surface area contributed by atoms with Gasteiger partial charge in [0.05, 0.1) is 11.2 Å². The molecule has 0 saturated carbocycles. The first-order chi connectivity index (χ1) is 23.8. The van der Waals surface area contributed by atoms with Crippen LogP contribution in [0, 0.1) is 0 Å². The van der Waals surface area contributed by atoms with Crippen molar-refractivity contribution in [3.8, 4) is 56.0 Å². The molecule has 0 radical (unpaired) electrons. The molecule has 2 nitrogen and oxygen atoms in total. The van der Waals surface area contributed by atoms with E-state index in [1.807, 2.05) is 18.2 Å². The van der Waals surface area contributed by atoms with E-state index in [2.05, 4.69) is 164 Å². The fourth-order valence-corrected chi connectivity index (χ4v) is 6.90. The molecule has 1 heterocycles. The van der Waals surface area contributed by atoms with Gasteiger partial charge in [-0.25, -0.2) is 9.97 Å². The molecule has 0 aliphatic carbocycles. The normalized spacial score (nSPS) is 11.3. The minimum atomic E-state index is 0.729. The highest BCUT2D eigenvalue weighted by Crippen LogP contribution is 2.37. The van der Waals surface area contributed by atoms with Gasteiger partial charge in [-0.05, 0) is 79.2 Å². The number of rotatable bonds is 5. The molecule has 0 unspecified atom stereocenters. The average Bonchev–Trinajstić information content (AvgIpc) is 3.17. The molecule has 0 N–H and O–H groups in total. The van der Waals surface area contributed by atoms with E-state index in [1.165, 1.54) is 38.4 Å². The maximum absolute atomic E-state index is 5.24. The standard InChI is InChI=1S/C46H30N2/c1-2-14-33(15-3-1)46-47-43-27-26-32-13-5-7-24-42(32)44(43)45(48-46)39-22-10-20-37(30-39)35-18-8-17-34(28-35)36-19-9-21-38(29-36)41-25-11-16-31-12-4-6-23-40(31)41/h1-30H. The van der Waals surface area contributed by atoms with Crippen molar-refractivity contribution in [3.05, 3.63) is 182 Å². The van der Waals surface area contributed by atoms with E-state index in [9.17, 15) is 0 Å². The molecule has 8 aromatic carbocycles. The Morgan fingerprint density at radius 1 is 0.312 bits per heavy atom. The molecule has 9 rings (SSSR count). The lowest BCUT2D eigenvalue weighted by Gasteiger charge is -2.13. The van der Waals surface area contributed by atoms with Crippen LogP contribution in [0.5, 0.6) is 0 Å². The second-order valence-corrected chi connectivity index (χ2v) is 12.2. The maximum atomic E-state index is 5.24. The molecule has 2 heteroatoms. The van der Waals surface area contributed by atoms with Crippen molar-refractivity contribution < 1.29 is 0 Å². The van der Waals surface area contributed by atoms with E-state index in [4.69, 9.17) is 9.97 Å². The largest absolute Gasteiger partial charge is 0.228 e. The fraction of sp³-hybridized carbons (Fsp3) is 0. The summed E-state index contributed by atoms with van der Waals surface area (Å²) in [4.78, 5) is 10.3. The van der Waals surface area contributed by atoms with Crippen molar-refractivity contribution in [2.45, 2.75) is 0 Å². The highest BCUT2D eigenvalue weighted by atomic mass is 14.9. The third-order valence-electron chi connectivity index (χ3n) is 9.25. The Bertz CT molecular complexity index is 2610. The van der Waals surface area contributed by atoms with E-state index >= 15 is 0 Å². The molecule has 0 aliphatic heterocycles. The first kappa shape index (κ1) is 27.9. The van der Waals surface area contributed by atoms with Gasteiger partial charge in [0.15, 0.2) is 5.82 Å². The topological polar surface area (TPSA) is 25.8 Å². The molecular formula is C46H30N2. The van der Waals surface area contributed by atoms with E-state index in [0.717, 1.165) is 50.1 Å². The van der Waals surface area contributed by atoms with Crippen LogP contribution in [-0.4, -0.2) is 9.97 Å². The molecule has 0 bridgehead atoms. The zero-order valence-corrected chi connectivity index (χ0v) is 26.2. The number of hydrogen-bond donors (Lipinski definition) is 0. The van der Waals surface area contributed by atoms with Gasteiger partial charge < -0.3 is 0 Å². The van der Waals surface area contributed by atoms with Gasteiger partial charge in [-0.15, -0.1) is 0 Å². The Morgan fingerprint density at radius 2 is 0.812 bits per heavy atom. The number of nitrogens with zero attached hydrogens (tertiary/aromatic N) is 2. The lowest BCUT2D eigenvalue weighted by molar-refractivity contribution is 1.23. The fourth-order valence-electron chi connectivity index (χ4n) is 6.90. The van der Waals surface area contributed by atoms with Crippen LogP contribution in [-0.2, 0) is 0 Å². The van der Waals surface area contributed by atoms with E-state index in [-0.39, 0.29) is 0 Å². The predicted molar refractivity (Wildman–Crippen MR) is 202 cm³/mol. The molecule has 48 heavy (non-hydrogen) atoms. The van der Waals surface area contributed by atoms with Gasteiger partial charge >= 0.3 is 0 Å². The molecule has 9 aromatic rings. The van der Waals surface area contributed by atoms with Crippen molar-refractivity contribution in [2.75, 3.05) is 0 Å². The zero-order chi connectivity index (χ0) is 31.9. The Labute approximate surface area is 279 Å². The summed E-state index contributed by atoms with van der Waals surface area (Å²) < 4.78 is 0. The summed E-state index contributed by atoms with van der Waals surface area (Å²) in [7, 11) is 0. The number of fused-ring (bicyclic) bond motifs is 4. The molecule has 0 atom stereocenters. The summed E-state index contributed by atoms with van der Waals surface area (Å²) in [6, 6.07) is 64.6. The minimum absolute atomic E-state index is 0.729. The summed E-state index contributed by atoms with van der Waals surface area (Å²) in [5.74, 6) is 0.729. The molecule has 0 saturated heterocycles. The zero-order valence-electron chi connectivity index (χ0n) is 26.2. The molecule has 1 aromatic heterocycles. The monoisotopic (exact) mass is 610 g/mol. The molecule has 224 valence electrons. The predicted octanol–water partition coefficient (Wildman–Crippen LogP) is 12.3. The van der Waals surface area contributed by atoms with Gasteiger partial charge in [0, 0.05) is 16.5 Å². The Kier molecular flexibility index (Phi) is 6.84. The van der Waals surface area contributed by atoms with Gasteiger partial charge in [0.1, 0.15) is 0 Å². The van der Waals surface area contributed by atoms with Crippen molar-refractivity contribution in [3.63, 3.8) is 0 Å². The Hall–Kier alpha value is -6.38. The van der Waals surface area contributed by atoms with Gasteiger partial charge in [-0.2, -0.15) is 0 Å². The van der Waals surface area contributed by atoms with Crippen LogP contribution in [0.2, 0.25) is 0 Å². The maximum Gasteiger partial charge on any atom is 0.160 e. The van der Waals surface area contributed by atoms with E-state index in [1.54, 1.807) is 0 Å². The van der Waals surface area contributed by atoms with Crippen molar-refractivity contribution >= 4 is 32.4 Å². The third-order valence-corrected chi connectivity index (χ3v) is 9.25. The summed E-state index contributed by atoms with van der Waals surface area (Å²) in [6.45, 7) is 0. The molecule has 0 aliphatic rings. The van der Waals surface area contributed by atoms with Crippen molar-refractivity contribution in [2.24, 2.45) is 0 Å². The van der Waals surface area contributed by atoms with Crippen LogP contribution >= 0.6 is 0 Å². The van der Waals surface area contributed by atoms with Crippen LogP contribution in [0.3, 0.4) is 0 Å². The molecule has 0 spiro atoms. The highest BCUT2D eigenvalue weighted by molar-refractivity contribution is 6.12. The smallest absolute Gasteiger partial charge is 0.160 e. The van der Waals surface area contributed by atoms with Crippen molar-refractivity contribution in [1.29, 1.82) is 0 Å². The van der Waals surface area contributed by atoms with Crippen LogP contribution in [0.1, 0.15) is 0 Å². The highest BCUT2D eigenvalue weighted by Gasteiger charge is 2.15. The molecular weight excluding hydrogens is 581 g/mol. The number of hydrogen-bond acceptors (Lipinski definition) is 2. The average molecular weight is 611 g/mol. The van der Waals surface area contributed by atoms with Crippen LogP contribution in [0.15, 0.2) is 182 Å². The first-order valence-electron chi connectivity index (χ1n) is 16.3. The third kappa shape index (κ3) is 5.01. The Morgan fingerprint density at radius 3 is 1.54 bits per heavy atom. The SMILES string of the molecule is c1ccc(-c2nc(-c3cccc(-c4cccc(-c5cccc(-c6cccc7ccccc67)c5)c4)c3)c3c(ccc4ccccc43)n2)cc1. The van der Waals surface area contributed by atoms with Crippen molar-refractivity contribution in [1.82, 2.24) is 9.97 Å². The van der Waals surface area contributed by atoms with Gasteiger partial charge in [-0.1, -0.05) is 158 Å². The van der Waals surface area contributed by atoms with Gasteiger partial charge in [-0.3, -0.25) is 0 Å². The second-order valence-electron chi connectivity index (χ2n) is 12.2. The summed E-state index contributed by atoms with van der Waals surface area (Å²) >= 11 is 0. The summed E-state index contributed by atoms with van der Waals surface area (Å²) in [5, 5.41) is 5.93. The quantitative estimate of drug-likeness (QED) is 0.181. The van der Waals surface area contributed by atoms with Gasteiger partial charge in [0.2, 0.25) is 0 Å². The van der Waals surface area contributed by atoms with Gasteiger partial charge in [0.25, 0.3) is 0 Å². The second kappa shape index (κ2) is 11.8. The summed E-state index contributed by atoms with van der Waals surface area (Å²) in [5.41, 5.74) is 11.1. The summed E-state index contributed by atoms with van der Waals surface area (Å²) in [6.07, 6.45) is 0. The lowest BCUT2D eigenvalue weighted by atomic mass is 9.93. The van der Waals surface area contributed by atoms with Crippen LogP contribution < -0.4 is 0 Å². The minimum Gasteiger partial charge on any atom is -0.228 e. The number of aromatic nitrogens is 2. The molecule has 0 amide bonds.